The molecule has 1 atom stereocenters. The van der Waals surface area contributed by atoms with E-state index in [0.29, 0.717) is 25.6 Å². The molecule has 2 aromatic carbocycles. The highest BCUT2D eigenvalue weighted by atomic mass is 31.2. The zero-order valence-corrected chi connectivity index (χ0v) is 24.1. The molecule has 0 radical (unpaired) electrons. The van der Waals surface area contributed by atoms with Crippen LogP contribution in [-0.4, -0.2) is 26.4 Å². The Hall–Kier alpha value is -1.43. The SMILES string of the molecule is CCCCCCCCCCCCCCCCOP(=O)(OCCOCC)OOc1cccc2ccccc12. The summed E-state index contributed by atoms with van der Waals surface area (Å²) in [5.74, 6) is 0.465. The number of phosphoric ester groups is 1. The van der Waals surface area contributed by atoms with E-state index in [1.807, 2.05) is 43.3 Å². The molecule has 210 valence electrons. The van der Waals surface area contributed by atoms with Crippen molar-refractivity contribution in [3.63, 3.8) is 0 Å². The van der Waals surface area contributed by atoms with E-state index in [1.54, 1.807) is 6.07 Å². The Bertz CT molecular complexity index is 869. The van der Waals surface area contributed by atoms with Crippen molar-refractivity contribution in [2.75, 3.05) is 26.4 Å². The molecule has 0 saturated carbocycles. The van der Waals surface area contributed by atoms with Crippen molar-refractivity contribution in [1.29, 1.82) is 0 Å². The topological polar surface area (TPSA) is 63.2 Å². The maximum atomic E-state index is 13.2. The fourth-order valence-corrected chi connectivity index (χ4v) is 5.24. The van der Waals surface area contributed by atoms with Gasteiger partial charge in [-0.3, -0.25) is 9.05 Å². The fraction of sp³-hybridized carbons (Fsp3) is 0.667. The Morgan fingerprint density at radius 2 is 1.19 bits per heavy atom. The van der Waals surface area contributed by atoms with Crippen LogP contribution in [0.3, 0.4) is 0 Å². The summed E-state index contributed by atoms with van der Waals surface area (Å²) in [4.78, 5) is 5.46. The lowest BCUT2D eigenvalue weighted by atomic mass is 10.0. The van der Waals surface area contributed by atoms with Crippen LogP contribution in [0.2, 0.25) is 0 Å². The summed E-state index contributed by atoms with van der Waals surface area (Å²) in [6, 6.07) is 13.4. The first-order valence-electron chi connectivity index (χ1n) is 14.5. The lowest BCUT2D eigenvalue weighted by molar-refractivity contribution is -0.132. The van der Waals surface area contributed by atoms with Crippen LogP contribution in [0.1, 0.15) is 104 Å². The number of benzene rings is 2. The third kappa shape index (κ3) is 14.3. The summed E-state index contributed by atoms with van der Waals surface area (Å²) in [6.45, 7) is 5.42. The summed E-state index contributed by atoms with van der Waals surface area (Å²) in [5, 5.41) is 1.86. The average Bonchev–Trinajstić information content (AvgIpc) is 2.92. The number of rotatable bonds is 24. The number of unbranched alkanes of at least 4 members (excludes halogenated alkanes) is 13. The van der Waals surface area contributed by atoms with Crippen LogP contribution in [0.5, 0.6) is 5.75 Å². The monoisotopic (exact) mass is 536 g/mol. The van der Waals surface area contributed by atoms with Crippen LogP contribution in [-0.2, 0) is 23.0 Å². The first kappa shape index (κ1) is 31.8. The second-order valence-corrected chi connectivity index (χ2v) is 11.1. The largest absolute Gasteiger partial charge is 0.511 e. The number of hydrogen-bond donors (Lipinski definition) is 0. The molecule has 0 aliphatic rings. The summed E-state index contributed by atoms with van der Waals surface area (Å²) in [7, 11) is -3.89. The number of hydrogen-bond acceptors (Lipinski definition) is 6. The molecule has 37 heavy (non-hydrogen) atoms. The van der Waals surface area contributed by atoms with E-state index in [9.17, 15) is 4.57 Å². The lowest BCUT2D eigenvalue weighted by Crippen LogP contribution is -2.08. The van der Waals surface area contributed by atoms with Crippen LogP contribution in [0.15, 0.2) is 42.5 Å². The molecule has 0 heterocycles. The van der Waals surface area contributed by atoms with Gasteiger partial charge in [0.25, 0.3) is 0 Å². The number of fused-ring (bicyclic) bond motifs is 1. The van der Waals surface area contributed by atoms with Gasteiger partial charge in [-0.15, -0.1) is 0 Å². The second-order valence-electron chi connectivity index (χ2n) is 9.54. The number of phosphoric acid groups is 1. The van der Waals surface area contributed by atoms with Crippen molar-refractivity contribution in [1.82, 2.24) is 0 Å². The minimum absolute atomic E-state index is 0.1000. The van der Waals surface area contributed by atoms with E-state index < -0.39 is 7.82 Å². The molecule has 0 fully saturated rings. The van der Waals surface area contributed by atoms with Gasteiger partial charge in [-0.05, 0) is 24.8 Å². The third-order valence-electron chi connectivity index (χ3n) is 6.40. The van der Waals surface area contributed by atoms with Gasteiger partial charge < -0.3 is 9.62 Å². The summed E-state index contributed by atoms with van der Waals surface area (Å²) >= 11 is 0. The van der Waals surface area contributed by atoms with Gasteiger partial charge in [0.2, 0.25) is 0 Å². The van der Waals surface area contributed by atoms with Gasteiger partial charge in [0.1, 0.15) is 0 Å². The van der Waals surface area contributed by atoms with Crippen LogP contribution in [0.25, 0.3) is 10.8 Å². The zero-order chi connectivity index (χ0) is 26.4. The molecule has 0 saturated heterocycles. The lowest BCUT2D eigenvalue weighted by Gasteiger charge is -2.17. The molecule has 2 aromatic rings. The molecule has 0 bridgehead atoms. The smallest absolute Gasteiger partial charge is 0.379 e. The average molecular weight is 537 g/mol. The van der Waals surface area contributed by atoms with Gasteiger partial charge in [0.15, 0.2) is 5.75 Å². The van der Waals surface area contributed by atoms with E-state index >= 15 is 0 Å². The summed E-state index contributed by atoms with van der Waals surface area (Å²) < 4.78 is 34.8. The van der Waals surface area contributed by atoms with Gasteiger partial charge in [0.05, 0.1) is 19.8 Å². The minimum atomic E-state index is -3.89. The molecule has 0 aliphatic carbocycles. The molecular formula is C30H49O6P. The molecule has 0 aromatic heterocycles. The van der Waals surface area contributed by atoms with E-state index in [2.05, 4.69) is 6.92 Å². The molecule has 7 heteroatoms. The van der Waals surface area contributed by atoms with Crippen molar-refractivity contribution >= 4 is 18.6 Å². The van der Waals surface area contributed by atoms with Crippen LogP contribution in [0, 0.1) is 0 Å². The first-order valence-corrected chi connectivity index (χ1v) is 16.0. The van der Waals surface area contributed by atoms with Gasteiger partial charge in [-0.25, -0.2) is 4.57 Å². The second kappa shape index (κ2) is 20.5. The third-order valence-corrected chi connectivity index (χ3v) is 7.65. The van der Waals surface area contributed by atoms with Gasteiger partial charge in [-0.1, -0.05) is 131 Å². The molecule has 1 unspecified atom stereocenters. The van der Waals surface area contributed by atoms with E-state index in [1.165, 1.54) is 70.6 Å². The quantitative estimate of drug-likeness (QED) is 0.0576. The van der Waals surface area contributed by atoms with Crippen LogP contribution >= 0.6 is 7.82 Å². The summed E-state index contributed by atoms with van der Waals surface area (Å²) in [5.41, 5.74) is 0. The molecular weight excluding hydrogens is 487 g/mol. The van der Waals surface area contributed by atoms with Crippen molar-refractivity contribution in [2.24, 2.45) is 0 Å². The molecule has 0 N–H and O–H groups in total. The van der Waals surface area contributed by atoms with Crippen LogP contribution in [0.4, 0.5) is 0 Å². The molecule has 0 spiro atoms. The first-order chi connectivity index (χ1) is 18.2. The Labute approximate surface area is 224 Å². The molecule has 2 rings (SSSR count). The Kier molecular flexibility index (Phi) is 17.6. The Morgan fingerprint density at radius 1 is 0.622 bits per heavy atom. The van der Waals surface area contributed by atoms with Crippen molar-refractivity contribution in [2.45, 2.75) is 104 Å². The molecule has 0 amide bonds. The van der Waals surface area contributed by atoms with Crippen molar-refractivity contribution in [3.05, 3.63) is 42.5 Å². The fourth-order valence-electron chi connectivity index (χ4n) is 4.26. The minimum Gasteiger partial charge on any atom is -0.379 e. The maximum Gasteiger partial charge on any atom is 0.511 e. The predicted molar refractivity (Wildman–Crippen MR) is 152 cm³/mol. The van der Waals surface area contributed by atoms with Gasteiger partial charge >= 0.3 is 7.82 Å². The predicted octanol–water partition coefficient (Wildman–Crippen LogP) is 9.81. The molecule has 0 aliphatic heterocycles. The number of ether oxygens (including phenoxy) is 1. The van der Waals surface area contributed by atoms with Crippen molar-refractivity contribution < 1.29 is 27.9 Å². The standard InChI is InChI=1S/C30H49O6P/c1-3-5-6-7-8-9-10-11-12-13-14-15-16-19-25-33-37(31,34-27-26-32-4-2)36-35-30-24-20-22-28-21-17-18-23-29(28)30/h17-18,20-24H,3-16,19,25-27H2,1-2H3. The van der Waals surface area contributed by atoms with Gasteiger partial charge in [0, 0.05) is 12.0 Å². The summed E-state index contributed by atoms with van der Waals surface area (Å²) in [6.07, 6.45) is 17.9. The van der Waals surface area contributed by atoms with Gasteiger partial charge in [-0.2, -0.15) is 0 Å². The zero-order valence-electron chi connectivity index (χ0n) is 23.2. The van der Waals surface area contributed by atoms with Crippen LogP contribution < -0.4 is 4.89 Å². The highest BCUT2D eigenvalue weighted by molar-refractivity contribution is 7.48. The van der Waals surface area contributed by atoms with E-state index in [-0.39, 0.29) is 6.61 Å². The Balaban J connectivity index is 1.62. The highest BCUT2D eigenvalue weighted by Gasteiger charge is 2.29. The molecule has 6 nitrogen and oxygen atoms in total. The van der Waals surface area contributed by atoms with Crippen molar-refractivity contribution in [3.8, 4) is 5.75 Å². The van der Waals surface area contributed by atoms with E-state index in [4.69, 9.17) is 23.3 Å². The van der Waals surface area contributed by atoms with E-state index in [0.717, 1.165) is 30.0 Å². The highest BCUT2D eigenvalue weighted by Crippen LogP contribution is 2.50. The normalized spacial score (nSPS) is 13.1. The maximum absolute atomic E-state index is 13.2. The Morgan fingerprint density at radius 3 is 1.84 bits per heavy atom.